The number of anilines is 2. The molecule has 0 saturated carbocycles. The topological polar surface area (TPSA) is 123 Å². The summed E-state index contributed by atoms with van der Waals surface area (Å²) in [5, 5.41) is 16.9. The molecular formula is C25H24ClN5O5. The van der Waals surface area contributed by atoms with E-state index in [0.717, 1.165) is 5.56 Å². The van der Waals surface area contributed by atoms with E-state index in [1.165, 1.54) is 24.1 Å². The van der Waals surface area contributed by atoms with Gasteiger partial charge in [-0.1, -0.05) is 53.2 Å². The predicted octanol–water partition coefficient (Wildman–Crippen LogP) is 4.00. The number of ether oxygens (including phenoxy) is 1. The van der Waals surface area contributed by atoms with Crippen LogP contribution in [0.15, 0.2) is 70.3 Å². The van der Waals surface area contributed by atoms with Crippen molar-refractivity contribution in [2.45, 2.75) is 13.0 Å². The molecule has 11 heteroatoms. The highest BCUT2D eigenvalue weighted by molar-refractivity contribution is 6.31. The van der Waals surface area contributed by atoms with E-state index in [-0.39, 0.29) is 11.6 Å². The highest BCUT2D eigenvalue weighted by Gasteiger charge is 2.30. The number of hydrogen-bond acceptors (Lipinski definition) is 8. The highest BCUT2D eigenvalue weighted by atomic mass is 35.5. The molecule has 2 aromatic heterocycles. The summed E-state index contributed by atoms with van der Waals surface area (Å²) < 4.78 is 11.8. The van der Waals surface area contributed by atoms with E-state index in [0.29, 0.717) is 22.9 Å². The number of carbonyl (C=O) groups is 1. The Bertz CT molecular complexity index is 1420. The molecule has 0 fully saturated rings. The number of hydrogen-bond donors (Lipinski definition) is 2. The average molecular weight is 510 g/mol. The Hall–Kier alpha value is -4.31. The van der Waals surface area contributed by atoms with Crippen LogP contribution in [-0.4, -0.2) is 39.4 Å². The molecule has 1 amide bonds. The number of amides is 1. The monoisotopic (exact) mass is 509 g/mol. The van der Waals surface area contributed by atoms with Crippen LogP contribution < -0.4 is 20.5 Å². The molecule has 36 heavy (non-hydrogen) atoms. The molecule has 1 unspecified atom stereocenters. The second-order valence-corrected chi connectivity index (χ2v) is 8.26. The van der Waals surface area contributed by atoms with Crippen LogP contribution in [0.3, 0.4) is 0 Å². The first kappa shape index (κ1) is 24.8. The maximum Gasteiger partial charge on any atom is 0.297 e. The van der Waals surface area contributed by atoms with Crippen LogP contribution in [0.25, 0.3) is 0 Å². The van der Waals surface area contributed by atoms with Crippen LogP contribution in [0.1, 0.15) is 34.6 Å². The van der Waals surface area contributed by atoms with Gasteiger partial charge in [0.2, 0.25) is 11.7 Å². The Morgan fingerprint density at radius 3 is 2.67 bits per heavy atom. The fraction of sp³-hybridized carbons (Fsp3) is 0.200. The molecule has 2 heterocycles. The van der Waals surface area contributed by atoms with Gasteiger partial charge in [-0.25, -0.2) is 4.98 Å². The van der Waals surface area contributed by atoms with Gasteiger partial charge in [0.05, 0.1) is 18.8 Å². The molecule has 4 aromatic rings. The zero-order valence-electron chi connectivity index (χ0n) is 19.8. The van der Waals surface area contributed by atoms with Gasteiger partial charge < -0.3 is 24.6 Å². The lowest BCUT2D eigenvalue weighted by Gasteiger charge is -2.32. The minimum absolute atomic E-state index is 0.115. The highest BCUT2D eigenvalue weighted by Crippen LogP contribution is 2.40. The van der Waals surface area contributed by atoms with E-state index >= 15 is 0 Å². The summed E-state index contributed by atoms with van der Waals surface area (Å²) in [6, 6.07) is 14.3. The predicted molar refractivity (Wildman–Crippen MR) is 135 cm³/mol. The lowest BCUT2D eigenvalue weighted by molar-refractivity contribution is 0.101. The number of rotatable bonds is 8. The maximum atomic E-state index is 12.9. The molecule has 2 N–H and O–H groups in total. The molecule has 0 aliphatic carbocycles. The van der Waals surface area contributed by atoms with E-state index in [1.807, 2.05) is 43.3 Å². The third kappa shape index (κ3) is 4.76. The molecule has 1 atom stereocenters. The third-order valence-electron chi connectivity index (χ3n) is 5.55. The minimum atomic E-state index is -0.799. The number of aromatic hydroxyl groups is 1. The van der Waals surface area contributed by atoms with Gasteiger partial charge in [-0.2, -0.15) is 0 Å². The van der Waals surface area contributed by atoms with Crippen molar-refractivity contribution in [3.63, 3.8) is 0 Å². The first-order valence-electron chi connectivity index (χ1n) is 11.0. The molecular weight excluding hydrogens is 486 g/mol. The first-order chi connectivity index (χ1) is 17.3. The van der Waals surface area contributed by atoms with Crippen LogP contribution in [0, 0.1) is 0 Å². The van der Waals surface area contributed by atoms with Crippen molar-refractivity contribution in [2.24, 2.45) is 7.05 Å². The number of carbonyl (C=O) groups excluding carboxylic acids is 1. The van der Waals surface area contributed by atoms with Crippen molar-refractivity contribution >= 4 is 29.1 Å². The molecule has 2 aromatic carbocycles. The van der Waals surface area contributed by atoms with Gasteiger partial charge >= 0.3 is 0 Å². The number of aromatic nitrogens is 3. The Morgan fingerprint density at radius 2 is 2.00 bits per heavy atom. The number of benzene rings is 2. The van der Waals surface area contributed by atoms with Gasteiger partial charge in [0, 0.05) is 24.7 Å². The summed E-state index contributed by atoms with van der Waals surface area (Å²) in [5.41, 5.74) is 0.506. The van der Waals surface area contributed by atoms with Gasteiger partial charge in [-0.3, -0.25) is 14.2 Å². The van der Waals surface area contributed by atoms with Crippen LogP contribution in [-0.2, 0) is 7.05 Å². The first-order valence-corrected chi connectivity index (χ1v) is 11.4. The zero-order chi connectivity index (χ0) is 25.8. The van der Waals surface area contributed by atoms with Crippen molar-refractivity contribution in [3.8, 4) is 11.5 Å². The average Bonchev–Trinajstić information content (AvgIpc) is 3.38. The van der Waals surface area contributed by atoms with Crippen molar-refractivity contribution in [1.82, 2.24) is 14.7 Å². The van der Waals surface area contributed by atoms with Crippen LogP contribution in [0.2, 0.25) is 5.02 Å². The Labute approximate surface area is 211 Å². The standard InChI is InChI=1S/C25H24ClN5O5/c1-4-35-18-12-8-11-17(26)19(18)21(15-9-6-5-7-10-15)30(2)25-29-20(22(32)24(34)31(25)3)23(33)28-16-13-27-36-14-16/h5-14,21,32H,4H2,1-3H3,(H,28,33). The number of nitrogens with zero attached hydrogens (tertiary/aromatic N) is 4. The Kier molecular flexibility index (Phi) is 7.25. The fourth-order valence-corrected chi connectivity index (χ4v) is 4.18. The Morgan fingerprint density at radius 1 is 1.25 bits per heavy atom. The molecule has 0 aliphatic rings. The molecule has 0 aliphatic heterocycles. The smallest absolute Gasteiger partial charge is 0.297 e. The summed E-state index contributed by atoms with van der Waals surface area (Å²) in [7, 11) is 3.18. The van der Waals surface area contributed by atoms with Crippen molar-refractivity contribution in [3.05, 3.63) is 93.2 Å². The molecule has 186 valence electrons. The fourth-order valence-electron chi connectivity index (χ4n) is 3.91. The lowest BCUT2D eigenvalue weighted by Crippen LogP contribution is -2.34. The second kappa shape index (κ2) is 10.5. The van der Waals surface area contributed by atoms with Crippen molar-refractivity contribution in [1.29, 1.82) is 0 Å². The minimum Gasteiger partial charge on any atom is -0.501 e. The van der Waals surface area contributed by atoms with Gasteiger partial charge in [0.25, 0.3) is 11.5 Å². The van der Waals surface area contributed by atoms with Crippen molar-refractivity contribution < 1.29 is 19.2 Å². The summed E-state index contributed by atoms with van der Waals surface area (Å²) in [4.78, 5) is 31.9. The largest absolute Gasteiger partial charge is 0.501 e. The van der Waals surface area contributed by atoms with Crippen LogP contribution in [0.4, 0.5) is 11.6 Å². The van der Waals surface area contributed by atoms with E-state index < -0.39 is 29.0 Å². The van der Waals surface area contributed by atoms with Gasteiger partial charge in [0.1, 0.15) is 17.7 Å². The molecule has 0 radical (unpaired) electrons. The normalized spacial score (nSPS) is 11.7. The molecule has 4 rings (SSSR count). The third-order valence-corrected chi connectivity index (χ3v) is 5.88. The maximum absolute atomic E-state index is 12.9. The molecule has 10 nitrogen and oxygen atoms in total. The lowest BCUT2D eigenvalue weighted by atomic mass is 9.96. The number of nitrogens with one attached hydrogen (secondary N) is 1. The van der Waals surface area contributed by atoms with Gasteiger partial charge in [-0.15, -0.1) is 0 Å². The summed E-state index contributed by atoms with van der Waals surface area (Å²) in [6.45, 7) is 2.29. The zero-order valence-corrected chi connectivity index (χ0v) is 20.6. The van der Waals surface area contributed by atoms with E-state index in [9.17, 15) is 14.7 Å². The summed E-state index contributed by atoms with van der Waals surface area (Å²) in [6.07, 6.45) is 2.49. The van der Waals surface area contributed by atoms with Crippen LogP contribution in [0.5, 0.6) is 11.5 Å². The SMILES string of the molecule is CCOc1cccc(Cl)c1C(c1ccccc1)N(C)c1nc(C(=O)Nc2cnoc2)c(O)c(=O)n1C. The Balaban J connectivity index is 1.88. The quantitative estimate of drug-likeness (QED) is 0.365. The molecule has 0 saturated heterocycles. The van der Waals surface area contributed by atoms with Crippen molar-refractivity contribution in [2.75, 3.05) is 23.9 Å². The van der Waals surface area contributed by atoms with Crippen LogP contribution >= 0.6 is 11.6 Å². The number of halogens is 1. The van der Waals surface area contributed by atoms with E-state index in [1.54, 1.807) is 24.1 Å². The summed E-state index contributed by atoms with van der Waals surface area (Å²) >= 11 is 6.68. The second-order valence-electron chi connectivity index (χ2n) is 7.85. The van der Waals surface area contributed by atoms with E-state index in [2.05, 4.69) is 15.5 Å². The molecule has 0 bridgehead atoms. The van der Waals surface area contributed by atoms with Gasteiger partial charge in [0.15, 0.2) is 5.69 Å². The summed E-state index contributed by atoms with van der Waals surface area (Å²) in [5.74, 6) is -0.899. The molecule has 0 spiro atoms. The van der Waals surface area contributed by atoms with Gasteiger partial charge in [-0.05, 0) is 24.6 Å². The van der Waals surface area contributed by atoms with E-state index in [4.69, 9.17) is 20.9 Å².